The van der Waals surface area contributed by atoms with Gasteiger partial charge in [-0.3, -0.25) is 4.79 Å². The van der Waals surface area contributed by atoms with Crippen LogP contribution in [0.3, 0.4) is 0 Å². The molecule has 0 bridgehead atoms. The minimum atomic E-state index is -3.99. The molecule has 23 heavy (non-hydrogen) atoms. The van der Waals surface area contributed by atoms with Crippen molar-refractivity contribution in [3.05, 3.63) is 30.1 Å². The van der Waals surface area contributed by atoms with Gasteiger partial charge in [0.1, 0.15) is 12.4 Å². The van der Waals surface area contributed by atoms with Gasteiger partial charge in [0, 0.05) is 20.1 Å². The number of benzene rings is 1. The summed E-state index contributed by atoms with van der Waals surface area (Å²) in [6.07, 6.45) is 1.48. The first-order valence-corrected chi connectivity index (χ1v) is 8.87. The van der Waals surface area contributed by atoms with E-state index in [2.05, 4.69) is 5.32 Å². The fraction of sp³-hybridized carbons (Fsp3) is 0.533. The van der Waals surface area contributed by atoms with E-state index in [0.29, 0.717) is 0 Å². The predicted molar refractivity (Wildman–Crippen MR) is 88.9 cm³/mol. The Morgan fingerprint density at radius 1 is 1.22 bits per heavy atom. The molecule has 0 saturated heterocycles. The molecule has 1 aromatic carbocycles. The number of carbonyl (C=O) groups excluding carboxylic acids is 1. The molecule has 0 heterocycles. The summed E-state index contributed by atoms with van der Waals surface area (Å²) in [5, 5.41) is 2.76. The second-order valence-electron chi connectivity index (χ2n) is 5.33. The van der Waals surface area contributed by atoms with Crippen LogP contribution in [-0.2, 0) is 15.0 Å². The average Bonchev–Trinajstić information content (AvgIpc) is 2.50. The fourth-order valence-electron chi connectivity index (χ4n) is 2.04. The van der Waals surface area contributed by atoms with E-state index in [0.717, 1.165) is 27.5 Å². The van der Waals surface area contributed by atoms with E-state index in [1.807, 2.05) is 13.8 Å². The van der Waals surface area contributed by atoms with Gasteiger partial charge in [-0.1, -0.05) is 26.0 Å². The quantitative estimate of drug-likeness (QED) is 0.780. The van der Waals surface area contributed by atoms with Gasteiger partial charge in [-0.2, -0.15) is 12.7 Å². The van der Waals surface area contributed by atoms with Gasteiger partial charge in [-0.15, -0.1) is 0 Å². The highest BCUT2D eigenvalue weighted by Gasteiger charge is 2.29. The topological polar surface area (TPSA) is 69.7 Å². The number of hydrogen-bond acceptors (Lipinski definition) is 3. The van der Waals surface area contributed by atoms with Crippen molar-refractivity contribution in [2.45, 2.75) is 32.7 Å². The van der Waals surface area contributed by atoms with Gasteiger partial charge in [0.05, 0.1) is 5.69 Å². The standard InChI is InChI=1S/C15H24FN3O3S/c1-5-12(6-2)17-15(20)11-19(23(21,22)18(3)4)14-10-8-7-9-13(14)16/h7-10,12H,5-6,11H2,1-4H3,(H,17,20). The third kappa shape index (κ3) is 4.90. The molecule has 8 heteroatoms. The summed E-state index contributed by atoms with van der Waals surface area (Å²) >= 11 is 0. The normalized spacial score (nSPS) is 11.8. The number of hydrogen-bond donors (Lipinski definition) is 1. The lowest BCUT2D eigenvalue weighted by atomic mass is 10.2. The molecule has 0 aliphatic carbocycles. The zero-order valence-corrected chi connectivity index (χ0v) is 14.7. The van der Waals surface area contributed by atoms with Crippen molar-refractivity contribution >= 4 is 21.8 Å². The van der Waals surface area contributed by atoms with Crippen LogP contribution in [0.1, 0.15) is 26.7 Å². The zero-order chi connectivity index (χ0) is 17.6. The Morgan fingerprint density at radius 2 is 1.78 bits per heavy atom. The Bertz CT molecular complexity index is 631. The Hall–Kier alpha value is -1.67. The SMILES string of the molecule is CCC(CC)NC(=O)CN(c1ccccc1F)S(=O)(=O)N(C)C. The number of carbonyl (C=O) groups is 1. The lowest BCUT2D eigenvalue weighted by molar-refractivity contribution is -0.120. The van der Waals surface area contributed by atoms with Gasteiger partial charge >= 0.3 is 10.2 Å². The third-order valence-corrected chi connectivity index (χ3v) is 5.30. The van der Waals surface area contributed by atoms with Crippen LogP contribution < -0.4 is 9.62 Å². The summed E-state index contributed by atoms with van der Waals surface area (Å²) in [4.78, 5) is 12.2. The van der Waals surface area contributed by atoms with E-state index in [1.54, 1.807) is 0 Å². The van der Waals surface area contributed by atoms with Gasteiger partial charge in [0.2, 0.25) is 5.91 Å². The van der Waals surface area contributed by atoms with Crippen molar-refractivity contribution in [3.8, 4) is 0 Å². The van der Waals surface area contributed by atoms with E-state index in [-0.39, 0.29) is 11.7 Å². The molecule has 1 N–H and O–H groups in total. The minimum absolute atomic E-state index is 0.0352. The molecular formula is C15H24FN3O3S. The number of rotatable bonds is 8. The van der Waals surface area contributed by atoms with Crippen molar-refractivity contribution in [1.82, 2.24) is 9.62 Å². The molecule has 0 saturated carbocycles. The van der Waals surface area contributed by atoms with Gasteiger partial charge in [0.25, 0.3) is 0 Å². The van der Waals surface area contributed by atoms with E-state index >= 15 is 0 Å². The average molecular weight is 345 g/mol. The van der Waals surface area contributed by atoms with E-state index in [9.17, 15) is 17.6 Å². The highest BCUT2D eigenvalue weighted by molar-refractivity contribution is 7.90. The lowest BCUT2D eigenvalue weighted by Crippen LogP contribution is -2.47. The molecule has 0 unspecified atom stereocenters. The Balaban J connectivity index is 3.12. The van der Waals surface area contributed by atoms with Crippen LogP contribution in [0.4, 0.5) is 10.1 Å². The van der Waals surface area contributed by atoms with Gasteiger partial charge < -0.3 is 5.32 Å². The van der Waals surface area contributed by atoms with Crippen molar-refractivity contribution < 1.29 is 17.6 Å². The highest BCUT2D eigenvalue weighted by Crippen LogP contribution is 2.22. The number of amides is 1. The summed E-state index contributed by atoms with van der Waals surface area (Å²) in [5.41, 5.74) is -0.152. The van der Waals surface area contributed by atoms with Crippen LogP contribution in [0.2, 0.25) is 0 Å². The number of anilines is 1. The number of nitrogens with one attached hydrogen (secondary N) is 1. The molecule has 1 amide bonds. The van der Waals surface area contributed by atoms with Crippen molar-refractivity contribution in [1.29, 1.82) is 0 Å². The maximum atomic E-state index is 14.0. The molecule has 0 fully saturated rings. The molecule has 0 spiro atoms. The Morgan fingerprint density at radius 3 is 2.26 bits per heavy atom. The summed E-state index contributed by atoms with van der Waals surface area (Å²) in [5.74, 6) is -1.17. The molecule has 0 aromatic heterocycles. The summed E-state index contributed by atoms with van der Waals surface area (Å²) < 4.78 is 40.6. The fourth-order valence-corrected chi connectivity index (χ4v) is 3.11. The number of halogens is 1. The predicted octanol–water partition coefficient (Wildman–Crippen LogP) is 1.74. The number of para-hydroxylation sites is 1. The molecule has 130 valence electrons. The van der Waals surface area contributed by atoms with Crippen LogP contribution in [0.5, 0.6) is 0 Å². The van der Waals surface area contributed by atoms with Crippen molar-refractivity contribution in [2.24, 2.45) is 0 Å². The first kappa shape index (κ1) is 19.4. The number of nitrogens with zero attached hydrogens (tertiary/aromatic N) is 2. The van der Waals surface area contributed by atoms with Crippen LogP contribution >= 0.6 is 0 Å². The summed E-state index contributed by atoms with van der Waals surface area (Å²) in [6.45, 7) is 3.39. The Kier molecular flexibility index (Phi) is 6.96. The molecular weight excluding hydrogens is 321 g/mol. The highest BCUT2D eigenvalue weighted by atomic mass is 32.2. The molecule has 6 nitrogen and oxygen atoms in total. The molecule has 0 atom stereocenters. The van der Waals surface area contributed by atoms with Crippen LogP contribution in [0, 0.1) is 5.82 Å². The van der Waals surface area contributed by atoms with Crippen molar-refractivity contribution in [3.63, 3.8) is 0 Å². The van der Waals surface area contributed by atoms with Gasteiger partial charge in [0.15, 0.2) is 0 Å². The van der Waals surface area contributed by atoms with Crippen LogP contribution in [0.25, 0.3) is 0 Å². The second-order valence-corrected chi connectivity index (χ2v) is 7.40. The molecule has 0 radical (unpaired) electrons. The van der Waals surface area contributed by atoms with Crippen molar-refractivity contribution in [2.75, 3.05) is 24.9 Å². The van der Waals surface area contributed by atoms with Gasteiger partial charge in [-0.05, 0) is 25.0 Å². The largest absolute Gasteiger partial charge is 0.352 e. The van der Waals surface area contributed by atoms with Crippen LogP contribution in [0.15, 0.2) is 24.3 Å². The smallest absolute Gasteiger partial charge is 0.304 e. The second kappa shape index (κ2) is 8.26. The minimum Gasteiger partial charge on any atom is -0.352 e. The molecule has 0 aliphatic heterocycles. The Labute approximate surface area is 137 Å². The maximum Gasteiger partial charge on any atom is 0.304 e. The van der Waals surface area contributed by atoms with E-state index in [4.69, 9.17) is 0 Å². The van der Waals surface area contributed by atoms with E-state index in [1.165, 1.54) is 32.3 Å². The summed E-state index contributed by atoms with van der Waals surface area (Å²) in [6, 6.07) is 5.44. The monoisotopic (exact) mass is 345 g/mol. The zero-order valence-electron chi connectivity index (χ0n) is 13.9. The first-order valence-electron chi connectivity index (χ1n) is 7.48. The van der Waals surface area contributed by atoms with Gasteiger partial charge in [-0.25, -0.2) is 8.70 Å². The first-order chi connectivity index (χ1) is 10.7. The molecule has 1 rings (SSSR count). The van der Waals surface area contributed by atoms with E-state index < -0.39 is 28.5 Å². The molecule has 0 aliphatic rings. The molecule has 1 aromatic rings. The lowest BCUT2D eigenvalue weighted by Gasteiger charge is -2.27. The van der Waals surface area contributed by atoms with Crippen LogP contribution in [-0.4, -0.2) is 45.3 Å². The maximum absolute atomic E-state index is 14.0. The third-order valence-electron chi connectivity index (χ3n) is 3.50. The summed E-state index contributed by atoms with van der Waals surface area (Å²) in [7, 11) is -1.32.